The van der Waals surface area contributed by atoms with Crippen LogP contribution in [0.3, 0.4) is 0 Å². The van der Waals surface area contributed by atoms with E-state index in [0.29, 0.717) is 22.4 Å². The van der Waals surface area contributed by atoms with Gasteiger partial charge in [-0.2, -0.15) is 0 Å². The average molecular weight is 448 g/mol. The molecular formula is C22H23F3N4O3. The smallest absolute Gasteiger partial charge is 0.406 e. The molecule has 1 aromatic carbocycles. The van der Waals surface area contributed by atoms with Gasteiger partial charge in [-0.3, -0.25) is 4.79 Å². The molecule has 3 aromatic rings. The Morgan fingerprint density at radius 3 is 2.50 bits per heavy atom. The van der Waals surface area contributed by atoms with Gasteiger partial charge in [0.1, 0.15) is 17.8 Å². The molecule has 1 aliphatic carbocycles. The van der Waals surface area contributed by atoms with Crippen LogP contribution in [0.15, 0.2) is 42.7 Å². The Morgan fingerprint density at radius 1 is 1.12 bits per heavy atom. The zero-order valence-corrected chi connectivity index (χ0v) is 17.4. The molecule has 2 heterocycles. The highest BCUT2D eigenvalue weighted by Gasteiger charge is 2.31. The third-order valence-electron chi connectivity index (χ3n) is 5.53. The molecule has 1 fully saturated rings. The number of fused-ring (bicyclic) bond motifs is 1. The molecule has 1 saturated carbocycles. The van der Waals surface area contributed by atoms with Crippen molar-refractivity contribution in [2.75, 3.05) is 7.11 Å². The van der Waals surface area contributed by atoms with Crippen molar-refractivity contribution in [2.24, 2.45) is 0 Å². The molecule has 0 radical (unpaired) electrons. The molecule has 1 N–H and O–H groups in total. The molecule has 1 aliphatic rings. The third kappa shape index (κ3) is 5.37. The Kier molecular flexibility index (Phi) is 6.31. The Balaban J connectivity index is 1.45. The van der Waals surface area contributed by atoms with Gasteiger partial charge in [-0.15, -0.1) is 13.2 Å². The fraction of sp³-hybridized carbons (Fsp3) is 0.409. The predicted molar refractivity (Wildman–Crippen MR) is 111 cm³/mol. The van der Waals surface area contributed by atoms with Crippen LogP contribution in [0.5, 0.6) is 5.75 Å². The minimum absolute atomic E-state index is 0.0789. The van der Waals surface area contributed by atoms with Crippen LogP contribution in [0.25, 0.3) is 22.4 Å². The molecule has 10 heteroatoms. The maximum absolute atomic E-state index is 12.6. The zero-order valence-electron chi connectivity index (χ0n) is 17.4. The van der Waals surface area contributed by atoms with Crippen LogP contribution in [0.2, 0.25) is 0 Å². The number of hydrogen-bond donors (Lipinski definition) is 1. The van der Waals surface area contributed by atoms with E-state index in [4.69, 9.17) is 4.74 Å². The SMILES string of the molecule is COC1CCC(NC(=O)Cn2cnc3ccc(-c4ccc(OC(F)(F)F)cc4)nc32)CC1. The van der Waals surface area contributed by atoms with Gasteiger partial charge in [0.15, 0.2) is 5.65 Å². The van der Waals surface area contributed by atoms with Crippen molar-refractivity contribution in [1.82, 2.24) is 19.9 Å². The van der Waals surface area contributed by atoms with Gasteiger partial charge in [0.25, 0.3) is 0 Å². The molecule has 0 saturated heterocycles. The van der Waals surface area contributed by atoms with Crippen molar-refractivity contribution >= 4 is 17.1 Å². The van der Waals surface area contributed by atoms with Crippen LogP contribution in [0, 0.1) is 0 Å². The van der Waals surface area contributed by atoms with Gasteiger partial charge in [0.2, 0.25) is 5.91 Å². The van der Waals surface area contributed by atoms with E-state index in [1.54, 1.807) is 30.1 Å². The molecule has 0 spiro atoms. The van der Waals surface area contributed by atoms with E-state index in [9.17, 15) is 18.0 Å². The van der Waals surface area contributed by atoms with Crippen LogP contribution in [-0.2, 0) is 16.1 Å². The van der Waals surface area contributed by atoms with Crippen molar-refractivity contribution in [2.45, 2.75) is 50.7 Å². The van der Waals surface area contributed by atoms with Gasteiger partial charge in [-0.1, -0.05) is 0 Å². The lowest BCUT2D eigenvalue weighted by atomic mass is 9.93. The lowest BCUT2D eigenvalue weighted by molar-refractivity contribution is -0.274. The molecule has 32 heavy (non-hydrogen) atoms. The summed E-state index contributed by atoms with van der Waals surface area (Å²) in [5.41, 5.74) is 2.32. The second-order valence-electron chi connectivity index (χ2n) is 7.76. The number of alkyl halides is 3. The number of amides is 1. The lowest BCUT2D eigenvalue weighted by Gasteiger charge is -2.28. The van der Waals surface area contributed by atoms with E-state index in [2.05, 4.69) is 20.0 Å². The number of hydrogen-bond acceptors (Lipinski definition) is 5. The van der Waals surface area contributed by atoms with E-state index in [0.717, 1.165) is 25.7 Å². The highest BCUT2D eigenvalue weighted by molar-refractivity contribution is 5.80. The van der Waals surface area contributed by atoms with Crippen LogP contribution >= 0.6 is 0 Å². The molecule has 7 nitrogen and oxygen atoms in total. The molecule has 4 rings (SSSR count). The van der Waals surface area contributed by atoms with Crippen molar-refractivity contribution in [1.29, 1.82) is 0 Å². The standard InChI is InChI=1S/C22H23F3N4O3/c1-31-16-8-4-15(5-9-16)27-20(30)12-29-13-26-19-11-10-18(28-21(19)29)14-2-6-17(7-3-14)32-22(23,24)25/h2-3,6-7,10-11,13,15-16H,4-5,8-9,12H2,1H3,(H,27,30). The Bertz CT molecular complexity index is 1070. The molecule has 0 bridgehead atoms. The number of methoxy groups -OCH3 is 1. The summed E-state index contributed by atoms with van der Waals surface area (Å²) in [7, 11) is 1.71. The van der Waals surface area contributed by atoms with E-state index < -0.39 is 6.36 Å². The van der Waals surface area contributed by atoms with Gasteiger partial charge >= 0.3 is 6.36 Å². The number of aromatic nitrogens is 3. The fourth-order valence-corrected chi connectivity index (χ4v) is 3.91. The Hall–Kier alpha value is -3.14. The topological polar surface area (TPSA) is 78.3 Å². The summed E-state index contributed by atoms with van der Waals surface area (Å²) in [6.45, 7) is 0.0789. The van der Waals surface area contributed by atoms with Crippen LogP contribution in [0.1, 0.15) is 25.7 Å². The first-order valence-electron chi connectivity index (χ1n) is 10.3. The molecule has 0 unspecified atom stereocenters. The van der Waals surface area contributed by atoms with Gasteiger partial charge in [-0.05, 0) is 62.1 Å². The third-order valence-corrected chi connectivity index (χ3v) is 5.53. The molecular weight excluding hydrogens is 425 g/mol. The first-order chi connectivity index (χ1) is 15.3. The van der Waals surface area contributed by atoms with E-state index in [1.807, 2.05) is 0 Å². The van der Waals surface area contributed by atoms with Gasteiger partial charge in [-0.25, -0.2) is 9.97 Å². The quantitative estimate of drug-likeness (QED) is 0.615. The number of ether oxygens (including phenoxy) is 2. The van der Waals surface area contributed by atoms with Crippen molar-refractivity contribution in [3.8, 4) is 17.0 Å². The highest BCUT2D eigenvalue weighted by Crippen LogP contribution is 2.27. The van der Waals surface area contributed by atoms with Crippen molar-refractivity contribution in [3.63, 3.8) is 0 Å². The predicted octanol–water partition coefficient (Wildman–Crippen LogP) is 4.07. The minimum atomic E-state index is -4.74. The first kappa shape index (κ1) is 22.1. The summed E-state index contributed by atoms with van der Waals surface area (Å²) < 4.78 is 48.0. The molecule has 0 aliphatic heterocycles. The highest BCUT2D eigenvalue weighted by atomic mass is 19.4. The van der Waals surface area contributed by atoms with Gasteiger partial charge in [0, 0.05) is 18.7 Å². The van der Waals surface area contributed by atoms with E-state index in [1.165, 1.54) is 24.3 Å². The molecule has 0 atom stereocenters. The second kappa shape index (κ2) is 9.15. The number of nitrogens with zero attached hydrogens (tertiary/aromatic N) is 3. The largest absolute Gasteiger partial charge is 0.573 e. The zero-order chi connectivity index (χ0) is 22.7. The summed E-state index contributed by atoms with van der Waals surface area (Å²) in [4.78, 5) is 21.4. The number of carbonyl (C=O) groups excluding carboxylic acids is 1. The molecule has 1 amide bonds. The lowest BCUT2D eigenvalue weighted by Crippen LogP contribution is -2.40. The fourth-order valence-electron chi connectivity index (χ4n) is 3.91. The Labute approximate surface area is 182 Å². The van der Waals surface area contributed by atoms with E-state index in [-0.39, 0.29) is 30.3 Å². The number of carbonyl (C=O) groups is 1. The first-order valence-corrected chi connectivity index (χ1v) is 10.3. The number of halogens is 3. The summed E-state index contributed by atoms with van der Waals surface area (Å²) >= 11 is 0. The van der Waals surface area contributed by atoms with Crippen LogP contribution in [-0.4, -0.2) is 46.1 Å². The van der Waals surface area contributed by atoms with Gasteiger partial charge in [0.05, 0.1) is 18.1 Å². The number of benzene rings is 1. The number of pyridine rings is 1. The molecule has 2 aromatic heterocycles. The second-order valence-corrected chi connectivity index (χ2v) is 7.76. The number of rotatable bonds is 6. The van der Waals surface area contributed by atoms with Crippen LogP contribution in [0.4, 0.5) is 13.2 Å². The maximum atomic E-state index is 12.6. The minimum Gasteiger partial charge on any atom is -0.406 e. The summed E-state index contributed by atoms with van der Waals surface area (Å²) in [6.07, 6.45) is 0.687. The summed E-state index contributed by atoms with van der Waals surface area (Å²) in [5.74, 6) is -0.422. The summed E-state index contributed by atoms with van der Waals surface area (Å²) in [6, 6.07) is 9.09. The molecule has 170 valence electrons. The average Bonchev–Trinajstić information content (AvgIpc) is 3.15. The van der Waals surface area contributed by atoms with Crippen molar-refractivity contribution in [3.05, 3.63) is 42.7 Å². The maximum Gasteiger partial charge on any atom is 0.573 e. The van der Waals surface area contributed by atoms with Crippen molar-refractivity contribution < 1.29 is 27.4 Å². The summed E-state index contributed by atoms with van der Waals surface area (Å²) in [5, 5.41) is 3.06. The number of nitrogens with one attached hydrogen (secondary N) is 1. The van der Waals surface area contributed by atoms with Gasteiger partial charge < -0.3 is 19.4 Å². The van der Waals surface area contributed by atoms with Crippen LogP contribution < -0.4 is 10.1 Å². The Morgan fingerprint density at radius 2 is 1.84 bits per heavy atom. The monoisotopic (exact) mass is 448 g/mol. The van der Waals surface area contributed by atoms with E-state index >= 15 is 0 Å². The normalized spacial score (nSPS) is 19.1. The number of imidazole rings is 1.